The largest absolute Gasteiger partial charge is 0.405 e. The number of rotatable bonds is 35. The zero-order valence-electron chi connectivity index (χ0n) is 31.4. The first kappa shape index (κ1) is 45.1. The fourth-order valence-electron chi connectivity index (χ4n) is 5.16. The first-order valence-electron chi connectivity index (χ1n) is 18.2. The molecule has 0 unspecified atom stereocenters. The number of hydrogen-bond donors (Lipinski definition) is 0. The van der Waals surface area contributed by atoms with E-state index in [1.165, 1.54) is 10.4 Å². The van der Waals surface area contributed by atoms with Crippen LogP contribution in [0.3, 0.4) is 0 Å². The molecular weight excluding hydrogens is 673 g/mol. The average Bonchev–Trinajstić information content (AvgIpc) is 3.14. The summed E-state index contributed by atoms with van der Waals surface area (Å²) in [6, 6.07) is 21.3. The maximum Gasteiger partial charge on any atom is 0.261 e. The Balaban J connectivity index is 1.33. The normalized spacial score (nSPS) is 12.1. The molecule has 0 aliphatic rings. The molecule has 0 saturated heterocycles. The molecule has 0 aliphatic heterocycles. The summed E-state index contributed by atoms with van der Waals surface area (Å²) in [4.78, 5) is 0. The third kappa shape index (κ3) is 20.7. The van der Waals surface area contributed by atoms with E-state index in [4.69, 9.17) is 51.8 Å². The van der Waals surface area contributed by atoms with Gasteiger partial charge in [-0.15, -0.1) is 6.58 Å². The van der Waals surface area contributed by atoms with E-state index in [0.717, 1.165) is 0 Å². The fraction of sp³-hybridized carbons (Fsp3) is 0.641. The van der Waals surface area contributed by atoms with Gasteiger partial charge in [0.25, 0.3) is 8.32 Å². The molecule has 11 nitrogen and oxygen atoms in total. The third-order valence-electron chi connectivity index (χ3n) is 7.55. The molecule has 2 rings (SSSR count). The van der Waals surface area contributed by atoms with Gasteiger partial charge in [0.1, 0.15) is 0 Å². The molecule has 51 heavy (non-hydrogen) atoms. The number of ether oxygens (including phenoxy) is 10. The van der Waals surface area contributed by atoms with Crippen molar-refractivity contribution in [2.24, 2.45) is 0 Å². The average molecular weight is 737 g/mol. The highest BCUT2D eigenvalue weighted by Gasteiger charge is 2.50. The van der Waals surface area contributed by atoms with Crippen LogP contribution in [0.4, 0.5) is 0 Å². The lowest BCUT2D eigenvalue weighted by atomic mass is 10.2. The smallest absolute Gasteiger partial charge is 0.261 e. The van der Waals surface area contributed by atoms with E-state index < -0.39 is 8.32 Å². The molecule has 0 atom stereocenters. The quantitative estimate of drug-likeness (QED) is 0.0585. The first-order chi connectivity index (χ1) is 25.0. The van der Waals surface area contributed by atoms with Crippen molar-refractivity contribution in [2.45, 2.75) is 25.8 Å². The van der Waals surface area contributed by atoms with Crippen LogP contribution >= 0.6 is 0 Å². The molecule has 0 amide bonds. The van der Waals surface area contributed by atoms with Gasteiger partial charge in [-0.2, -0.15) is 0 Å². The summed E-state index contributed by atoms with van der Waals surface area (Å²) >= 11 is 0. The van der Waals surface area contributed by atoms with Gasteiger partial charge in [-0.25, -0.2) is 0 Å². The molecule has 0 aliphatic carbocycles. The second-order valence-corrected chi connectivity index (χ2v) is 16.7. The lowest BCUT2D eigenvalue weighted by Gasteiger charge is -2.43. The van der Waals surface area contributed by atoms with Crippen LogP contribution in [0.5, 0.6) is 0 Å². The maximum atomic E-state index is 6.85. The Hall–Kier alpha value is -2.04. The van der Waals surface area contributed by atoms with Gasteiger partial charge in [0.2, 0.25) is 0 Å². The fourth-order valence-corrected chi connectivity index (χ4v) is 9.71. The number of benzene rings is 2. The number of hydrogen-bond acceptors (Lipinski definition) is 11. The van der Waals surface area contributed by atoms with Crippen molar-refractivity contribution >= 4 is 18.7 Å². The highest BCUT2D eigenvalue weighted by atomic mass is 28.4. The molecule has 12 heteroatoms. The molecule has 2 aromatic rings. The van der Waals surface area contributed by atoms with Crippen LogP contribution in [0.1, 0.15) is 20.8 Å². The van der Waals surface area contributed by atoms with Crippen LogP contribution in [-0.4, -0.2) is 147 Å². The van der Waals surface area contributed by atoms with E-state index >= 15 is 0 Å². The van der Waals surface area contributed by atoms with Crippen molar-refractivity contribution in [1.29, 1.82) is 0 Å². The van der Waals surface area contributed by atoms with E-state index in [1.807, 2.05) is 0 Å². The zero-order valence-corrected chi connectivity index (χ0v) is 32.4. The van der Waals surface area contributed by atoms with Gasteiger partial charge in [-0.05, 0) is 15.4 Å². The minimum absolute atomic E-state index is 0.0550. The summed E-state index contributed by atoms with van der Waals surface area (Å²) in [6.07, 6.45) is 1.71. The van der Waals surface area contributed by atoms with Gasteiger partial charge in [-0.3, -0.25) is 0 Å². The van der Waals surface area contributed by atoms with Crippen LogP contribution in [0.15, 0.2) is 73.3 Å². The first-order valence-corrected chi connectivity index (χ1v) is 20.1. The van der Waals surface area contributed by atoms with Crippen LogP contribution in [0.2, 0.25) is 5.04 Å². The van der Waals surface area contributed by atoms with Gasteiger partial charge in [0, 0.05) is 0 Å². The van der Waals surface area contributed by atoms with Crippen molar-refractivity contribution in [1.82, 2.24) is 0 Å². The molecule has 0 saturated carbocycles. The Labute approximate surface area is 307 Å². The summed E-state index contributed by atoms with van der Waals surface area (Å²) < 4.78 is 62.0. The third-order valence-corrected chi connectivity index (χ3v) is 12.6. The summed E-state index contributed by atoms with van der Waals surface area (Å²) in [5.74, 6) is 0. The summed E-state index contributed by atoms with van der Waals surface area (Å²) in [5.41, 5.74) is 0. The van der Waals surface area contributed by atoms with Crippen molar-refractivity contribution < 1.29 is 51.8 Å². The molecule has 2 aromatic carbocycles. The molecule has 0 heterocycles. The van der Waals surface area contributed by atoms with Gasteiger partial charge in [0.05, 0.1) is 139 Å². The van der Waals surface area contributed by atoms with Crippen molar-refractivity contribution in [3.8, 4) is 0 Å². The molecule has 0 fully saturated rings. The zero-order chi connectivity index (χ0) is 36.6. The van der Waals surface area contributed by atoms with Crippen LogP contribution in [0, 0.1) is 0 Å². The maximum absolute atomic E-state index is 6.85. The molecule has 0 spiro atoms. The van der Waals surface area contributed by atoms with Crippen molar-refractivity contribution in [3.63, 3.8) is 0 Å². The van der Waals surface area contributed by atoms with E-state index in [9.17, 15) is 0 Å². The van der Waals surface area contributed by atoms with E-state index in [1.54, 1.807) is 6.08 Å². The molecule has 0 bridgehead atoms. The molecular formula is C39H64O11Si. The molecule has 0 N–H and O–H groups in total. The van der Waals surface area contributed by atoms with Gasteiger partial charge in [0.15, 0.2) is 0 Å². The Morgan fingerprint density at radius 1 is 0.412 bits per heavy atom. The summed E-state index contributed by atoms with van der Waals surface area (Å²) in [7, 11) is -2.54. The highest BCUT2D eigenvalue weighted by Crippen LogP contribution is 2.36. The van der Waals surface area contributed by atoms with Crippen LogP contribution in [0.25, 0.3) is 0 Å². The SMILES string of the molecule is C=CCOCCOCCOCCOCCOCCOCCOCCOCCOCCOCCO[Si](c1ccccc1)(c1ccccc1)C(C)(C)C. The molecule has 0 aromatic heterocycles. The Morgan fingerprint density at radius 3 is 0.922 bits per heavy atom. The van der Waals surface area contributed by atoms with E-state index in [0.29, 0.717) is 139 Å². The second-order valence-electron chi connectivity index (χ2n) is 12.4. The summed E-state index contributed by atoms with van der Waals surface area (Å²) in [6.45, 7) is 21.3. The topological polar surface area (TPSA) is 102 Å². The summed E-state index contributed by atoms with van der Waals surface area (Å²) in [5, 5.41) is 2.48. The minimum atomic E-state index is -2.54. The molecule has 290 valence electrons. The van der Waals surface area contributed by atoms with Crippen molar-refractivity contribution in [3.05, 3.63) is 73.3 Å². The lowest BCUT2D eigenvalue weighted by Crippen LogP contribution is -2.66. The lowest BCUT2D eigenvalue weighted by molar-refractivity contribution is -0.0264. The Bertz CT molecular complexity index is 1020. The second kappa shape index (κ2) is 30.4. The predicted octanol–water partition coefficient (Wildman–Crippen LogP) is 3.92. The highest BCUT2D eigenvalue weighted by molar-refractivity contribution is 6.99. The Morgan fingerprint density at radius 2 is 0.667 bits per heavy atom. The van der Waals surface area contributed by atoms with Crippen LogP contribution in [-0.2, 0) is 51.8 Å². The van der Waals surface area contributed by atoms with Gasteiger partial charge in [-0.1, -0.05) is 87.5 Å². The minimum Gasteiger partial charge on any atom is -0.405 e. The Kier molecular flexibility index (Phi) is 26.9. The van der Waals surface area contributed by atoms with Crippen LogP contribution < -0.4 is 10.4 Å². The van der Waals surface area contributed by atoms with E-state index in [-0.39, 0.29) is 5.04 Å². The standard InChI is InChI=1S/C39H64O11Si/c1-5-16-40-17-18-41-19-20-42-21-22-43-23-24-44-25-26-45-27-28-46-29-30-47-31-32-48-33-34-49-35-36-50-51(39(2,3)4,37-12-8-6-9-13-37)38-14-10-7-11-15-38/h5-15H,1,16-36H2,2-4H3. The molecule has 0 radical (unpaired) electrons. The van der Waals surface area contributed by atoms with Gasteiger partial charge >= 0.3 is 0 Å². The van der Waals surface area contributed by atoms with Crippen molar-refractivity contribution in [2.75, 3.05) is 139 Å². The van der Waals surface area contributed by atoms with E-state index in [2.05, 4.69) is 88.0 Å². The van der Waals surface area contributed by atoms with Gasteiger partial charge < -0.3 is 51.8 Å². The monoisotopic (exact) mass is 736 g/mol. The predicted molar refractivity (Wildman–Crippen MR) is 202 cm³/mol.